The Morgan fingerprint density at radius 3 is 1.01 bits per heavy atom. The molecule has 0 fully saturated rings. The lowest BCUT2D eigenvalue weighted by atomic mass is 9.93. The molecule has 0 atom stereocenters. The molecule has 496 valence electrons. The smallest absolute Gasteiger partial charge is 0.122 e. The van der Waals surface area contributed by atoms with E-state index >= 15 is 0 Å². The number of rotatable bonds is 18. The molecule has 0 saturated carbocycles. The van der Waals surface area contributed by atoms with Crippen molar-refractivity contribution in [1.82, 2.24) is 28.7 Å². The zero-order valence-electron chi connectivity index (χ0n) is 56.7. The van der Waals surface area contributed by atoms with E-state index in [9.17, 15) is 15.8 Å². The minimum atomic E-state index is 0.234. The average molecular weight is 1350 g/mol. The van der Waals surface area contributed by atoms with E-state index in [1.165, 1.54) is 0 Å². The summed E-state index contributed by atoms with van der Waals surface area (Å²) in [7, 11) is 3.34. The standard InChI is InChI=1S/C90H61N9O5/c1-56-40-71(60-26-32-94-33-27-60)63(52-91)42-88(56)97-83-23-17-68(102-38-39-103-69-18-24-87-79(47-69)78-46-67(101-3)16-22-86(78)99(87)90-44-65(54-93)73(62-30-36-96-37-31-62)51-75(90)59-12-8-5-9-13-59)48-80(83)81-49-70(19-25-84(81)97)104-55-57-14-20-82-76(41-57)77-45-66(100-2)15-21-85(77)98(82)89-43-64(53-92)72(61-28-34-95-35-29-61)50-74(89)58-10-6-4-7-11-58/h4-37,40-51H,38-39,55H2,1-3H3. The maximum atomic E-state index is 10.8. The molecule has 0 aliphatic rings. The highest BCUT2D eigenvalue weighted by Crippen LogP contribution is 2.45. The molecule has 0 amide bonds. The van der Waals surface area contributed by atoms with Gasteiger partial charge in [-0.1, -0.05) is 66.7 Å². The second-order valence-electron chi connectivity index (χ2n) is 25.4. The lowest BCUT2D eigenvalue weighted by molar-refractivity contribution is 0.217. The maximum absolute atomic E-state index is 10.8. The largest absolute Gasteiger partial charge is 0.497 e. The Balaban J connectivity index is 0.703. The number of methoxy groups -OCH3 is 2. The molecular formula is C90H61N9O5. The van der Waals surface area contributed by atoms with Gasteiger partial charge < -0.3 is 37.4 Å². The van der Waals surface area contributed by atoms with Crippen LogP contribution in [0.5, 0.6) is 28.7 Å². The van der Waals surface area contributed by atoms with Crippen molar-refractivity contribution in [1.29, 1.82) is 15.8 Å². The van der Waals surface area contributed by atoms with E-state index in [4.69, 9.17) is 23.7 Å². The summed E-state index contributed by atoms with van der Waals surface area (Å²) >= 11 is 0. The third-order valence-electron chi connectivity index (χ3n) is 19.6. The lowest BCUT2D eigenvalue weighted by Gasteiger charge is -2.17. The molecule has 0 spiro atoms. The Morgan fingerprint density at radius 2 is 0.625 bits per heavy atom. The number of fused-ring (bicyclic) bond motifs is 9. The average Bonchev–Trinajstić information content (AvgIpc) is 1.56. The molecule has 17 rings (SSSR count). The molecule has 6 aromatic heterocycles. The fourth-order valence-electron chi connectivity index (χ4n) is 14.7. The number of pyridine rings is 3. The summed E-state index contributed by atoms with van der Waals surface area (Å²) in [5, 5.41) is 37.9. The van der Waals surface area contributed by atoms with Gasteiger partial charge in [0.2, 0.25) is 0 Å². The van der Waals surface area contributed by atoms with Crippen molar-refractivity contribution in [2.45, 2.75) is 13.5 Å². The Labute approximate surface area is 598 Å². The second-order valence-corrected chi connectivity index (χ2v) is 25.4. The number of aromatic nitrogens is 6. The van der Waals surface area contributed by atoms with E-state index < -0.39 is 0 Å². The van der Waals surface area contributed by atoms with Gasteiger partial charge in [-0.3, -0.25) is 15.0 Å². The van der Waals surface area contributed by atoms with Gasteiger partial charge >= 0.3 is 0 Å². The molecule has 0 unspecified atom stereocenters. The number of hydrogen-bond donors (Lipinski definition) is 0. The zero-order chi connectivity index (χ0) is 70.4. The monoisotopic (exact) mass is 1350 g/mol. The molecule has 104 heavy (non-hydrogen) atoms. The van der Waals surface area contributed by atoms with Crippen LogP contribution >= 0.6 is 0 Å². The van der Waals surface area contributed by atoms with Crippen LogP contribution in [0.15, 0.2) is 280 Å². The van der Waals surface area contributed by atoms with Crippen LogP contribution in [0.2, 0.25) is 0 Å². The normalized spacial score (nSPS) is 11.3. The van der Waals surface area contributed by atoms with Gasteiger partial charge in [-0.05, 0) is 227 Å². The van der Waals surface area contributed by atoms with Crippen LogP contribution in [0, 0.1) is 40.9 Å². The Hall–Kier alpha value is -14.3. The first-order chi connectivity index (χ1) is 51.2. The van der Waals surface area contributed by atoms with Crippen LogP contribution in [0.3, 0.4) is 0 Å². The van der Waals surface area contributed by atoms with Gasteiger partial charge in [0, 0.05) is 91.8 Å². The molecule has 11 aromatic carbocycles. The number of benzene rings is 11. The first kappa shape index (κ1) is 63.2. The summed E-state index contributed by atoms with van der Waals surface area (Å²) in [5.74, 6) is 3.40. The van der Waals surface area contributed by atoms with Crippen molar-refractivity contribution in [3.05, 3.63) is 308 Å². The van der Waals surface area contributed by atoms with Gasteiger partial charge in [0.05, 0.1) is 99.3 Å². The van der Waals surface area contributed by atoms with Crippen LogP contribution < -0.4 is 23.7 Å². The van der Waals surface area contributed by atoms with Crippen molar-refractivity contribution < 1.29 is 23.7 Å². The van der Waals surface area contributed by atoms with Gasteiger partial charge in [0.25, 0.3) is 0 Å². The third-order valence-corrected chi connectivity index (χ3v) is 19.6. The van der Waals surface area contributed by atoms with E-state index in [1.54, 1.807) is 51.4 Å². The molecule has 17 aromatic rings. The lowest BCUT2D eigenvalue weighted by Crippen LogP contribution is -2.09. The van der Waals surface area contributed by atoms with Gasteiger partial charge in [-0.15, -0.1) is 0 Å². The number of aryl methyl sites for hydroxylation is 1. The number of ether oxygens (including phenoxy) is 5. The van der Waals surface area contributed by atoms with E-state index in [1.807, 2.05) is 127 Å². The van der Waals surface area contributed by atoms with Crippen molar-refractivity contribution in [2.75, 3.05) is 27.4 Å². The fraction of sp³-hybridized carbons (Fsp3) is 0.0667. The molecule has 0 aliphatic carbocycles. The Kier molecular flexibility index (Phi) is 16.3. The summed E-state index contributed by atoms with van der Waals surface area (Å²) in [5.41, 5.74) is 20.9. The summed E-state index contributed by atoms with van der Waals surface area (Å²) in [6.45, 7) is 2.80. The summed E-state index contributed by atoms with van der Waals surface area (Å²) in [6.07, 6.45) is 10.5. The van der Waals surface area contributed by atoms with Crippen LogP contribution in [0.1, 0.15) is 27.8 Å². The molecule has 6 heterocycles. The molecule has 14 nitrogen and oxygen atoms in total. The van der Waals surface area contributed by atoms with Crippen molar-refractivity contribution in [2.24, 2.45) is 0 Å². The molecule has 14 heteroatoms. The van der Waals surface area contributed by atoms with Crippen LogP contribution in [0.4, 0.5) is 0 Å². The summed E-state index contributed by atoms with van der Waals surface area (Å²) in [4.78, 5) is 12.7. The second kappa shape index (κ2) is 26.8. The molecule has 0 bridgehead atoms. The quantitative estimate of drug-likeness (QED) is 0.0749. The van der Waals surface area contributed by atoms with Crippen LogP contribution in [-0.4, -0.2) is 56.1 Å². The van der Waals surface area contributed by atoms with Crippen LogP contribution in [-0.2, 0) is 6.61 Å². The van der Waals surface area contributed by atoms with Gasteiger partial charge in [0.1, 0.15) is 48.6 Å². The summed E-state index contributed by atoms with van der Waals surface area (Å²) in [6, 6.07) is 88.9. The molecule has 0 aliphatic heterocycles. The number of nitrogens with zero attached hydrogens (tertiary/aromatic N) is 9. The first-order valence-corrected chi connectivity index (χ1v) is 34.0. The Morgan fingerprint density at radius 1 is 0.308 bits per heavy atom. The van der Waals surface area contributed by atoms with Gasteiger partial charge in [-0.2, -0.15) is 15.8 Å². The highest BCUT2D eigenvalue weighted by atomic mass is 16.5. The molecule has 0 radical (unpaired) electrons. The third kappa shape index (κ3) is 11.3. The summed E-state index contributed by atoms with van der Waals surface area (Å²) < 4.78 is 38.4. The fourth-order valence-corrected chi connectivity index (χ4v) is 14.7. The van der Waals surface area contributed by atoms with Crippen molar-refractivity contribution in [3.8, 4) is 120 Å². The molecule has 0 saturated heterocycles. The van der Waals surface area contributed by atoms with Gasteiger partial charge in [-0.25, -0.2) is 0 Å². The van der Waals surface area contributed by atoms with Crippen molar-refractivity contribution >= 4 is 65.4 Å². The Bertz CT molecular complexity index is 6370. The molecule has 0 N–H and O–H groups in total. The highest BCUT2D eigenvalue weighted by molar-refractivity contribution is 6.13. The van der Waals surface area contributed by atoms with E-state index in [-0.39, 0.29) is 19.8 Å². The predicted molar refractivity (Wildman–Crippen MR) is 410 cm³/mol. The van der Waals surface area contributed by atoms with Gasteiger partial charge in [0.15, 0.2) is 0 Å². The molecular weight excluding hydrogens is 1290 g/mol. The number of nitriles is 3. The van der Waals surface area contributed by atoms with E-state index in [2.05, 4.69) is 169 Å². The zero-order valence-corrected chi connectivity index (χ0v) is 56.7. The maximum Gasteiger partial charge on any atom is 0.122 e. The highest BCUT2D eigenvalue weighted by Gasteiger charge is 2.25. The SMILES string of the molecule is COc1ccc2c(c1)c1cc(COc3ccc4c(c3)c3cc(OCCOc5ccc6c(c5)c5cc(OC)ccc5n6-c5cc(C#N)c(-c6ccncc6)cc5-c5ccccc5)ccc3n4-c3cc(C#N)c(-c4ccncc4)cc3C)ccc1n2-c1cc(C#N)c(-c2ccncc2)cc1-c1ccccc1. The predicted octanol–water partition coefficient (Wildman–Crippen LogP) is 20.5. The topological polar surface area (TPSA) is 171 Å². The van der Waals surface area contributed by atoms with E-state index in [0.717, 1.165) is 155 Å². The minimum absolute atomic E-state index is 0.234. The van der Waals surface area contributed by atoms with Crippen molar-refractivity contribution in [3.63, 3.8) is 0 Å². The van der Waals surface area contributed by atoms with E-state index in [0.29, 0.717) is 39.7 Å². The minimum Gasteiger partial charge on any atom is -0.497 e. The number of hydrogen-bond acceptors (Lipinski definition) is 11. The first-order valence-electron chi connectivity index (χ1n) is 34.0. The van der Waals surface area contributed by atoms with Crippen LogP contribution in [0.25, 0.3) is 138 Å².